The zero-order chi connectivity index (χ0) is 13.2. The van der Waals surface area contributed by atoms with Gasteiger partial charge in [0.2, 0.25) is 0 Å². The lowest BCUT2D eigenvalue weighted by molar-refractivity contribution is -0.137. The van der Waals surface area contributed by atoms with Crippen LogP contribution in [0.5, 0.6) is 0 Å². The third kappa shape index (κ3) is 3.54. The number of hydrogen-bond acceptors (Lipinski definition) is 2. The van der Waals surface area contributed by atoms with Gasteiger partial charge in [0, 0.05) is 23.5 Å². The van der Waals surface area contributed by atoms with E-state index in [0.717, 1.165) is 12.1 Å². The van der Waals surface area contributed by atoms with Gasteiger partial charge >= 0.3 is 6.18 Å². The Morgan fingerprint density at radius 3 is 1.84 bits per heavy atom. The van der Waals surface area contributed by atoms with Gasteiger partial charge in [-0.25, -0.2) is 0 Å². The van der Waals surface area contributed by atoms with E-state index in [0.29, 0.717) is 5.56 Å². The summed E-state index contributed by atoms with van der Waals surface area (Å²) in [4.78, 5) is 15.7. The summed E-state index contributed by atoms with van der Waals surface area (Å²) in [5, 5.41) is 0. The fourth-order valence-corrected chi connectivity index (χ4v) is 1.48. The van der Waals surface area contributed by atoms with E-state index in [9.17, 15) is 18.0 Å². The molecule has 0 N–H and O–H groups in total. The molecule has 0 bridgehead atoms. The number of nitrogens with zero attached hydrogens (tertiary/aromatic N) is 1. The summed E-state index contributed by atoms with van der Waals surface area (Å²) in [6.45, 7) is 0. The molecular weight excluding hydrogens is 279 g/mol. The van der Waals surface area contributed by atoms with E-state index in [1.54, 1.807) is 0 Å². The Morgan fingerprint density at radius 2 is 1.37 bits per heavy atom. The number of alkyl halides is 3. The first-order valence-corrected chi connectivity index (χ1v) is 5.10. The van der Waals surface area contributed by atoms with Crippen molar-refractivity contribution in [3.05, 3.63) is 65.5 Å². The Hall–Kier alpha value is -1.88. The quantitative estimate of drug-likeness (QED) is 0.787. The highest BCUT2D eigenvalue weighted by Crippen LogP contribution is 2.29. The summed E-state index contributed by atoms with van der Waals surface area (Å²) < 4.78 is 37.1. The van der Waals surface area contributed by atoms with Crippen molar-refractivity contribution in [1.82, 2.24) is 4.98 Å². The molecule has 0 aliphatic carbocycles. The van der Waals surface area contributed by atoms with Crippen molar-refractivity contribution in [2.45, 2.75) is 6.18 Å². The van der Waals surface area contributed by atoms with Crippen LogP contribution in [0.4, 0.5) is 13.2 Å². The molecule has 19 heavy (non-hydrogen) atoms. The van der Waals surface area contributed by atoms with Gasteiger partial charge in [-0.3, -0.25) is 9.78 Å². The highest BCUT2D eigenvalue weighted by molar-refractivity contribution is 6.08. The number of rotatable bonds is 2. The molecule has 0 atom stereocenters. The molecule has 0 fully saturated rings. The summed E-state index contributed by atoms with van der Waals surface area (Å²) in [5.74, 6) is -0.328. The molecule has 6 heteroatoms. The van der Waals surface area contributed by atoms with E-state index in [1.807, 2.05) is 0 Å². The van der Waals surface area contributed by atoms with Crippen LogP contribution in [0.25, 0.3) is 0 Å². The van der Waals surface area contributed by atoms with Crippen molar-refractivity contribution in [2.24, 2.45) is 0 Å². The van der Waals surface area contributed by atoms with Gasteiger partial charge in [-0.15, -0.1) is 12.4 Å². The summed E-state index contributed by atoms with van der Waals surface area (Å²) in [6, 6.07) is 7.17. The second-order valence-electron chi connectivity index (χ2n) is 3.64. The van der Waals surface area contributed by atoms with Crippen LogP contribution >= 0.6 is 12.4 Å². The molecule has 0 spiro atoms. The lowest BCUT2D eigenvalue weighted by Gasteiger charge is -2.07. The van der Waals surface area contributed by atoms with Crippen LogP contribution in [0, 0.1) is 0 Å². The molecule has 0 saturated heterocycles. The summed E-state index contributed by atoms with van der Waals surface area (Å²) in [5.41, 5.74) is -0.160. The molecule has 2 nitrogen and oxygen atoms in total. The zero-order valence-corrected chi connectivity index (χ0v) is 10.3. The van der Waals surface area contributed by atoms with Gasteiger partial charge in [0.15, 0.2) is 5.78 Å². The second kappa shape index (κ2) is 5.84. The van der Waals surface area contributed by atoms with Crippen LogP contribution in [0.3, 0.4) is 0 Å². The van der Waals surface area contributed by atoms with Gasteiger partial charge < -0.3 is 0 Å². The fraction of sp³-hybridized carbons (Fsp3) is 0.0769. The summed E-state index contributed by atoms with van der Waals surface area (Å²) >= 11 is 0. The van der Waals surface area contributed by atoms with E-state index >= 15 is 0 Å². The Morgan fingerprint density at radius 1 is 0.895 bits per heavy atom. The first-order valence-electron chi connectivity index (χ1n) is 5.10. The predicted octanol–water partition coefficient (Wildman–Crippen LogP) is 3.75. The number of pyridine rings is 1. The molecule has 0 radical (unpaired) electrons. The Labute approximate surface area is 113 Å². The smallest absolute Gasteiger partial charge is 0.289 e. The van der Waals surface area contributed by atoms with Crippen molar-refractivity contribution in [2.75, 3.05) is 0 Å². The third-order valence-corrected chi connectivity index (χ3v) is 2.42. The molecule has 100 valence electrons. The Kier molecular flexibility index (Phi) is 4.67. The maximum Gasteiger partial charge on any atom is 0.416 e. The van der Waals surface area contributed by atoms with E-state index in [4.69, 9.17) is 0 Å². The van der Waals surface area contributed by atoms with Crippen LogP contribution in [0.2, 0.25) is 0 Å². The summed E-state index contributed by atoms with van der Waals surface area (Å²) in [6.07, 6.45) is -1.48. The van der Waals surface area contributed by atoms with E-state index in [-0.39, 0.29) is 23.8 Å². The maximum atomic E-state index is 12.4. The average Bonchev–Trinajstić information content (AvgIpc) is 2.38. The highest BCUT2D eigenvalue weighted by atomic mass is 35.5. The largest absolute Gasteiger partial charge is 0.416 e. The minimum atomic E-state index is -4.39. The molecule has 0 aliphatic rings. The number of carbonyl (C=O) groups is 1. The van der Waals surface area contributed by atoms with Crippen molar-refractivity contribution in [1.29, 1.82) is 0 Å². The lowest BCUT2D eigenvalue weighted by atomic mass is 10.0. The van der Waals surface area contributed by atoms with Crippen molar-refractivity contribution in [3.63, 3.8) is 0 Å². The minimum Gasteiger partial charge on any atom is -0.289 e. The SMILES string of the molecule is Cl.O=C(c1ccncc1)c1ccc(C(F)(F)F)cc1. The van der Waals surface area contributed by atoms with Gasteiger partial charge in [-0.1, -0.05) is 12.1 Å². The number of aromatic nitrogens is 1. The Bertz CT molecular complexity index is 552. The lowest BCUT2D eigenvalue weighted by Crippen LogP contribution is -2.06. The number of hydrogen-bond donors (Lipinski definition) is 0. The number of halogens is 4. The van der Waals surface area contributed by atoms with Crippen molar-refractivity contribution in [3.8, 4) is 0 Å². The second-order valence-corrected chi connectivity index (χ2v) is 3.64. The van der Waals surface area contributed by atoms with Gasteiger partial charge in [-0.05, 0) is 24.3 Å². The zero-order valence-electron chi connectivity index (χ0n) is 9.52. The number of carbonyl (C=O) groups excluding carboxylic acids is 1. The van der Waals surface area contributed by atoms with Gasteiger partial charge in [0.25, 0.3) is 0 Å². The van der Waals surface area contributed by atoms with Gasteiger partial charge in [0.1, 0.15) is 0 Å². The van der Waals surface area contributed by atoms with Crippen molar-refractivity contribution >= 4 is 18.2 Å². The molecule has 1 heterocycles. The number of benzene rings is 1. The molecule has 1 aromatic heterocycles. The third-order valence-electron chi connectivity index (χ3n) is 2.42. The molecule has 0 saturated carbocycles. The highest BCUT2D eigenvalue weighted by Gasteiger charge is 2.30. The van der Waals surface area contributed by atoms with Crippen LogP contribution in [0.15, 0.2) is 48.8 Å². The van der Waals surface area contributed by atoms with Crippen LogP contribution in [-0.4, -0.2) is 10.8 Å². The molecular formula is C13H9ClF3NO. The molecule has 2 rings (SSSR count). The normalized spacial score (nSPS) is 10.7. The molecule has 0 aliphatic heterocycles. The van der Waals surface area contributed by atoms with Gasteiger partial charge in [-0.2, -0.15) is 13.2 Å². The van der Waals surface area contributed by atoms with E-state index in [1.165, 1.54) is 36.7 Å². The van der Waals surface area contributed by atoms with E-state index in [2.05, 4.69) is 4.98 Å². The molecule has 0 amide bonds. The van der Waals surface area contributed by atoms with Crippen molar-refractivity contribution < 1.29 is 18.0 Å². The minimum absolute atomic E-state index is 0. The van der Waals surface area contributed by atoms with E-state index < -0.39 is 11.7 Å². The number of ketones is 1. The standard InChI is InChI=1S/C13H8F3NO.ClH/c14-13(15,16)11-3-1-9(2-4-11)12(18)10-5-7-17-8-6-10;/h1-8H;1H. The van der Waals surface area contributed by atoms with Crippen LogP contribution < -0.4 is 0 Å². The van der Waals surface area contributed by atoms with Gasteiger partial charge in [0.05, 0.1) is 5.56 Å². The summed E-state index contributed by atoms with van der Waals surface area (Å²) in [7, 11) is 0. The van der Waals surface area contributed by atoms with Crippen LogP contribution in [0.1, 0.15) is 21.5 Å². The predicted molar refractivity (Wildman–Crippen MR) is 66.4 cm³/mol. The van der Waals surface area contributed by atoms with Crippen LogP contribution in [-0.2, 0) is 6.18 Å². The Balaban J connectivity index is 0.00000180. The monoisotopic (exact) mass is 287 g/mol. The topological polar surface area (TPSA) is 30.0 Å². The maximum absolute atomic E-state index is 12.4. The molecule has 2 aromatic rings. The molecule has 0 unspecified atom stereocenters. The first kappa shape index (κ1) is 15.2. The molecule has 1 aromatic carbocycles. The first-order chi connectivity index (χ1) is 8.48. The average molecular weight is 288 g/mol. The fourth-order valence-electron chi connectivity index (χ4n) is 1.48.